The first-order chi connectivity index (χ1) is 11.7. The van der Waals surface area contributed by atoms with Gasteiger partial charge in [0.25, 0.3) is 0 Å². The zero-order chi connectivity index (χ0) is 16.1. The van der Waals surface area contributed by atoms with Crippen LogP contribution in [0.2, 0.25) is 5.02 Å². The molecule has 4 aliphatic rings. The summed E-state index contributed by atoms with van der Waals surface area (Å²) in [4.78, 5) is 0. The van der Waals surface area contributed by atoms with Crippen molar-refractivity contribution in [2.45, 2.75) is 50.5 Å². The molecule has 2 aromatic rings. The summed E-state index contributed by atoms with van der Waals surface area (Å²) in [6.07, 6.45) is 8.02. The number of hydrogen-bond donors (Lipinski definition) is 1. The van der Waals surface area contributed by atoms with Crippen LogP contribution in [0.5, 0.6) is 0 Å². The van der Waals surface area contributed by atoms with E-state index in [1.54, 1.807) is 0 Å². The summed E-state index contributed by atoms with van der Waals surface area (Å²) >= 11 is 5.92. The maximum Gasteiger partial charge on any atom is 0.315 e. The molecule has 1 aromatic carbocycles. The molecule has 0 radical (unpaired) electrons. The van der Waals surface area contributed by atoms with E-state index >= 15 is 0 Å². The van der Waals surface area contributed by atoms with Crippen LogP contribution in [-0.2, 0) is 12.0 Å². The average molecular weight is 344 g/mol. The molecule has 5 heteroatoms. The van der Waals surface area contributed by atoms with Crippen LogP contribution in [0.1, 0.15) is 50.0 Å². The van der Waals surface area contributed by atoms with Crippen molar-refractivity contribution in [3.05, 3.63) is 40.7 Å². The van der Waals surface area contributed by atoms with Gasteiger partial charge < -0.3 is 9.73 Å². The number of benzene rings is 1. The molecule has 24 heavy (non-hydrogen) atoms. The molecule has 4 aliphatic carbocycles. The molecule has 0 amide bonds. The Bertz CT molecular complexity index is 704. The molecular formula is C19H22ClN3O. The Hall–Kier alpha value is -1.55. The lowest BCUT2D eigenvalue weighted by atomic mass is 9.49. The highest BCUT2D eigenvalue weighted by molar-refractivity contribution is 6.30. The van der Waals surface area contributed by atoms with Gasteiger partial charge >= 0.3 is 6.01 Å². The zero-order valence-corrected chi connectivity index (χ0v) is 14.4. The van der Waals surface area contributed by atoms with Gasteiger partial charge in [0.15, 0.2) is 0 Å². The van der Waals surface area contributed by atoms with Crippen molar-refractivity contribution >= 4 is 17.6 Å². The monoisotopic (exact) mass is 343 g/mol. The Labute approximate surface area is 147 Å². The number of hydrogen-bond acceptors (Lipinski definition) is 4. The Morgan fingerprint density at radius 2 is 1.62 bits per heavy atom. The normalized spacial score (nSPS) is 33.8. The van der Waals surface area contributed by atoms with Crippen LogP contribution in [0.15, 0.2) is 28.7 Å². The van der Waals surface area contributed by atoms with Crippen LogP contribution in [0, 0.1) is 17.8 Å². The van der Waals surface area contributed by atoms with Gasteiger partial charge in [0.2, 0.25) is 5.89 Å². The molecule has 1 aromatic heterocycles. The van der Waals surface area contributed by atoms with Gasteiger partial charge in [-0.2, -0.15) is 0 Å². The van der Waals surface area contributed by atoms with Gasteiger partial charge in [0, 0.05) is 17.0 Å². The maximum absolute atomic E-state index is 6.05. The Morgan fingerprint density at radius 3 is 2.25 bits per heavy atom. The van der Waals surface area contributed by atoms with E-state index in [4.69, 9.17) is 16.0 Å². The van der Waals surface area contributed by atoms with Crippen molar-refractivity contribution in [2.75, 3.05) is 5.32 Å². The summed E-state index contributed by atoms with van der Waals surface area (Å²) in [5.41, 5.74) is 1.32. The van der Waals surface area contributed by atoms with Crippen LogP contribution in [0.3, 0.4) is 0 Å². The third kappa shape index (κ3) is 2.52. The fourth-order valence-electron chi connectivity index (χ4n) is 5.66. The second kappa shape index (κ2) is 5.48. The highest BCUT2D eigenvalue weighted by Gasteiger charge is 2.54. The number of halogens is 1. The van der Waals surface area contributed by atoms with Crippen molar-refractivity contribution in [2.24, 2.45) is 17.8 Å². The third-order valence-corrected chi connectivity index (χ3v) is 6.53. The van der Waals surface area contributed by atoms with Gasteiger partial charge in [-0.05, 0) is 74.0 Å². The van der Waals surface area contributed by atoms with Crippen molar-refractivity contribution in [3.8, 4) is 0 Å². The standard InChI is InChI=1S/C19H22ClN3O/c20-16-3-1-12(2-4-16)11-21-18-23-22-17(24-18)19-8-13-5-14(9-19)7-15(6-13)10-19/h1-4,13-15H,5-11H2,(H,21,23). The van der Waals surface area contributed by atoms with Gasteiger partial charge in [0.05, 0.1) is 0 Å². The zero-order valence-electron chi connectivity index (χ0n) is 13.7. The molecule has 4 bridgehead atoms. The molecule has 0 saturated heterocycles. The highest BCUT2D eigenvalue weighted by Crippen LogP contribution is 2.60. The molecule has 0 spiro atoms. The third-order valence-electron chi connectivity index (χ3n) is 6.27. The topological polar surface area (TPSA) is 51.0 Å². The summed E-state index contributed by atoms with van der Waals surface area (Å²) in [7, 11) is 0. The molecule has 0 atom stereocenters. The van der Waals surface area contributed by atoms with Crippen molar-refractivity contribution in [1.29, 1.82) is 0 Å². The molecule has 6 rings (SSSR count). The molecule has 0 unspecified atom stereocenters. The van der Waals surface area contributed by atoms with Crippen LogP contribution in [0.4, 0.5) is 6.01 Å². The number of aromatic nitrogens is 2. The van der Waals surface area contributed by atoms with E-state index in [-0.39, 0.29) is 5.41 Å². The molecule has 1 N–H and O–H groups in total. The first-order valence-electron chi connectivity index (χ1n) is 9.01. The molecule has 4 saturated carbocycles. The first kappa shape index (κ1) is 14.8. The van der Waals surface area contributed by atoms with Gasteiger partial charge in [0.1, 0.15) is 0 Å². The SMILES string of the molecule is Clc1ccc(CNc2nnc(C34CC5CC(CC(C5)C3)C4)o2)cc1. The smallest absolute Gasteiger partial charge is 0.315 e. The fourth-order valence-corrected chi connectivity index (χ4v) is 5.79. The lowest BCUT2D eigenvalue weighted by molar-refractivity contribution is -0.0175. The van der Waals surface area contributed by atoms with Crippen LogP contribution >= 0.6 is 11.6 Å². The lowest BCUT2D eigenvalue weighted by Gasteiger charge is -2.55. The molecule has 4 fully saturated rings. The minimum atomic E-state index is 0.169. The number of anilines is 1. The summed E-state index contributed by atoms with van der Waals surface area (Å²) in [5, 5.41) is 12.7. The molecule has 1 heterocycles. The van der Waals surface area contributed by atoms with Crippen LogP contribution in [-0.4, -0.2) is 10.2 Å². The fraction of sp³-hybridized carbons (Fsp3) is 0.579. The second-order valence-corrected chi connectivity index (χ2v) is 8.53. The molecular weight excluding hydrogens is 322 g/mol. The Balaban J connectivity index is 1.31. The lowest BCUT2D eigenvalue weighted by Crippen LogP contribution is -2.48. The van der Waals surface area contributed by atoms with E-state index in [9.17, 15) is 0 Å². The van der Waals surface area contributed by atoms with Crippen molar-refractivity contribution < 1.29 is 4.42 Å². The van der Waals surface area contributed by atoms with E-state index < -0.39 is 0 Å². The van der Waals surface area contributed by atoms with E-state index in [1.165, 1.54) is 38.5 Å². The van der Waals surface area contributed by atoms with Gasteiger partial charge in [-0.3, -0.25) is 0 Å². The summed E-state index contributed by atoms with van der Waals surface area (Å²) in [6, 6.07) is 8.34. The predicted molar refractivity (Wildman–Crippen MR) is 92.9 cm³/mol. The number of nitrogens with zero attached hydrogens (tertiary/aromatic N) is 2. The molecule has 0 aliphatic heterocycles. The predicted octanol–water partition coefficient (Wildman–Crippen LogP) is 4.80. The van der Waals surface area contributed by atoms with Crippen molar-refractivity contribution in [3.63, 3.8) is 0 Å². The largest absolute Gasteiger partial charge is 0.408 e. The Kier molecular flexibility index (Phi) is 3.37. The van der Waals surface area contributed by atoms with Crippen LogP contribution in [0.25, 0.3) is 0 Å². The molecule has 126 valence electrons. The van der Waals surface area contributed by atoms with Crippen LogP contribution < -0.4 is 5.32 Å². The molecule has 4 nitrogen and oxygen atoms in total. The van der Waals surface area contributed by atoms with E-state index in [0.717, 1.165) is 34.2 Å². The average Bonchev–Trinajstić information content (AvgIpc) is 3.03. The van der Waals surface area contributed by atoms with E-state index in [1.807, 2.05) is 24.3 Å². The minimum Gasteiger partial charge on any atom is -0.408 e. The Morgan fingerprint density at radius 1 is 1.00 bits per heavy atom. The van der Waals surface area contributed by atoms with Gasteiger partial charge in [-0.1, -0.05) is 28.8 Å². The van der Waals surface area contributed by atoms with Crippen molar-refractivity contribution in [1.82, 2.24) is 10.2 Å². The van der Waals surface area contributed by atoms with Gasteiger partial charge in [-0.15, -0.1) is 5.10 Å². The summed E-state index contributed by atoms with van der Waals surface area (Å²) < 4.78 is 6.05. The maximum atomic E-state index is 6.05. The second-order valence-electron chi connectivity index (χ2n) is 8.09. The van der Waals surface area contributed by atoms with E-state index in [0.29, 0.717) is 12.6 Å². The first-order valence-corrected chi connectivity index (χ1v) is 9.39. The minimum absolute atomic E-state index is 0.169. The summed E-state index contributed by atoms with van der Waals surface area (Å²) in [5.74, 6) is 3.52. The van der Waals surface area contributed by atoms with Gasteiger partial charge in [-0.25, -0.2) is 0 Å². The number of nitrogens with one attached hydrogen (secondary N) is 1. The summed E-state index contributed by atoms with van der Waals surface area (Å²) in [6.45, 7) is 0.666. The quantitative estimate of drug-likeness (QED) is 0.866. The highest BCUT2D eigenvalue weighted by atomic mass is 35.5. The van der Waals surface area contributed by atoms with E-state index in [2.05, 4.69) is 15.5 Å². The number of rotatable bonds is 4.